The number of anilines is 1. The summed E-state index contributed by atoms with van der Waals surface area (Å²) >= 11 is 0. The zero-order valence-corrected chi connectivity index (χ0v) is 19.5. The van der Waals surface area contributed by atoms with Crippen molar-refractivity contribution in [3.8, 4) is 5.75 Å². The molecule has 1 aliphatic rings. The van der Waals surface area contributed by atoms with E-state index < -0.39 is 6.10 Å². The Kier molecular flexibility index (Phi) is 6.07. The van der Waals surface area contributed by atoms with Crippen LogP contribution in [0.2, 0.25) is 0 Å². The van der Waals surface area contributed by atoms with Crippen LogP contribution in [0.1, 0.15) is 29.3 Å². The molecule has 1 aliphatic heterocycles. The summed E-state index contributed by atoms with van der Waals surface area (Å²) in [7, 11) is 0. The van der Waals surface area contributed by atoms with E-state index in [4.69, 9.17) is 9.72 Å². The van der Waals surface area contributed by atoms with Crippen molar-refractivity contribution < 1.29 is 14.6 Å². The van der Waals surface area contributed by atoms with Crippen LogP contribution in [0.15, 0.2) is 72.8 Å². The maximum absolute atomic E-state index is 13.0. The summed E-state index contributed by atoms with van der Waals surface area (Å²) in [5.74, 6) is 1.65. The Morgan fingerprint density at radius 2 is 1.71 bits per heavy atom. The van der Waals surface area contributed by atoms with E-state index in [1.54, 1.807) is 0 Å². The van der Waals surface area contributed by atoms with Crippen molar-refractivity contribution in [1.82, 2.24) is 9.55 Å². The predicted octanol–water partition coefficient (Wildman–Crippen LogP) is 4.61. The Morgan fingerprint density at radius 3 is 2.50 bits per heavy atom. The molecule has 2 heterocycles. The number of nitrogens with zero attached hydrogens (tertiary/aromatic N) is 3. The molecule has 1 amide bonds. The summed E-state index contributed by atoms with van der Waals surface area (Å²) in [6, 6.07) is 23.7. The standard InChI is InChI=1S/C28H29N3O3/c1-19-9-3-6-12-24(19)30-16-21(15-27(30)33)28-29-23-11-5-7-13-25(23)31(28)17-22(32)18-34-26-14-8-4-10-20(26)2/h3-14,21-22,32H,15-18H2,1-2H3. The minimum atomic E-state index is -0.722. The van der Waals surface area contributed by atoms with Crippen LogP contribution in [0.25, 0.3) is 11.0 Å². The normalized spacial score (nSPS) is 16.9. The fourth-order valence-electron chi connectivity index (χ4n) is 4.75. The van der Waals surface area contributed by atoms with Gasteiger partial charge in [0.1, 0.15) is 24.3 Å². The first kappa shape index (κ1) is 22.2. The molecular formula is C28H29N3O3. The molecule has 1 fully saturated rings. The van der Waals surface area contributed by atoms with E-state index in [2.05, 4.69) is 4.57 Å². The van der Waals surface area contributed by atoms with Crippen LogP contribution in [-0.4, -0.2) is 39.8 Å². The van der Waals surface area contributed by atoms with E-state index in [0.29, 0.717) is 19.5 Å². The Bertz CT molecular complexity index is 1330. The van der Waals surface area contributed by atoms with E-state index in [1.807, 2.05) is 91.5 Å². The van der Waals surface area contributed by atoms with Gasteiger partial charge in [0.25, 0.3) is 0 Å². The van der Waals surface area contributed by atoms with Crippen LogP contribution in [0.4, 0.5) is 5.69 Å². The number of hydrogen-bond acceptors (Lipinski definition) is 4. The molecule has 6 heteroatoms. The topological polar surface area (TPSA) is 67.6 Å². The molecule has 1 N–H and O–H groups in total. The van der Waals surface area contributed by atoms with Gasteiger partial charge in [-0.2, -0.15) is 0 Å². The van der Waals surface area contributed by atoms with Gasteiger partial charge in [-0.1, -0.05) is 48.5 Å². The van der Waals surface area contributed by atoms with Gasteiger partial charge >= 0.3 is 0 Å². The van der Waals surface area contributed by atoms with Gasteiger partial charge in [-0.05, 0) is 49.2 Å². The van der Waals surface area contributed by atoms with Gasteiger partial charge in [-0.15, -0.1) is 0 Å². The second-order valence-electron chi connectivity index (χ2n) is 8.99. The van der Waals surface area contributed by atoms with Crippen molar-refractivity contribution in [1.29, 1.82) is 0 Å². The number of carbonyl (C=O) groups is 1. The summed E-state index contributed by atoms with van der Waals surface area (Å²) in [5, 5.41) is 10.9. The molecule has 5 rings (SSSR count). The van der Waals surface area contributed by atoms with Gasteiger partial charge in [0.15, 0.2) is 0 Å². The quantitative estimate of drug-likeness (QED) is 0.442. The molecule has 0 bridgehead atoms. The average Bonchev–Trinajstić information content (AvgIpc) is 3.39. The first-order valence-corrected chi connectivity index (χ1v) is 11.7. The van der Waals surface area contributed by atoms with E-state index >= 15 is 0 Å². The van der Waals surface area contributed by atoms with Crippen molar-refractivity contribution in [2.45, 2.75) is 38.8 Å². The molecule has 0 radical (unpaired) electrons. The van der Waals surface area contributed by atoms with Gasteiger partial charge in [0.05, 0.1) is 17.6 Å². The van der Waals surface area contributed by atoms with Crippen molar-refractivity contribution in [3.05, 3.63) is 89.7 Å². The summed E-state index contributed by atoms with van der Waals surface area (Å²) in [4.78, 5) is 19.7. The highest BCUT2D eigenvalue weighted by Crippen LogP contribution is 2.34. The van der Waals surface area contributed by atoms with Crippen LogP contribution in [-0.2, 0) is 11.3 Å². The third-order valence-electron chi connectivity index (χ3n) is 6.50. The maximum Gasteiger partial charge on any atom is 0.227 e. The number of fused-ring (bicyclic) bond motifs is 1. The number of benzene rings is 3. The number of amides is 1. The van der Waals surface area contributed by atoms with E-state index in [-0.39, 0.29) is 18.4 Å². The monoisotopic (exact) mass is 455 g/mol. The molecule has 1 saturated heterocycles. The van der Waals surface area contributed by atoms with Gasteiger partial charge < -0.3 is 19.3 Å². The SMILES string of the molecule is Cc1ccccc1OCC(O)Cn1c(C2CC(=O)N(c3ccccc3C)C2)nc2ccccc21. The van der Waals surface area contributed by atoms with Crippen LogP contribution in [0.5, 0.6) is 5.75 Å². The minimum Gasteiger partial charge on any atom is -0.491 e. The molecule has 2 unspecified atom stereocenters. The lowest BCUT2D eigenvalue weighted by molar-refractivity contribution is -0.117. The van der Waals surface area contributed by atoms with Gasteiger partial charge in [-0.3, -0.25) is 4.79 Å². The molecular weight excluding hydrogens is 426 g/mol. The maximum atomic E-state index is 13.0. The Balaban J connectivity index is 1.40. The van der Waals surface area contributed by atoms with Crippen LogP contribution in [0.3, 0.4) is 0 Å². The Labute approximate surface area is 199 Å². The summed E-state index contributed by atoms with van der Waals surface area (Å²) < 4.78 is 7.94. The number of hydrogen-bond donors (Lipinski definition) is 1. The fraction of sp³-hybridized carbons (Fsp3) is 0.286. The van der Waals surface area contributed by atoms with Crippen LogP contribution < -0.4 is 9.64 Å². The molecule has 1 aromatic heterocycles. The first-order chi connectivity index (χ1) is 16.5. The molecule has 4 aromatic rings. The largest absolute Gasteiger partial charge is 0.491 e. The number of rotatable bonds is 7. The third kappa shape index (κ3) is 4.29. The molecule has 2 atom stereocenters. The molecule has 0 aliphatic carbocycles. The van der Waals surface area contributed by atoms with Crippen molar-refractivity contribution >= 4 is 22.6 Å². The molecule has 34 heavy (non-hydrogen) atoms. The number of aryl methyl sites for hydroxylation is 2. The summed E-state index contributed by atoms with van der Waals surface area (Å²) in [6.45, 7) is 5.10. The number of para-hydroxylation sites is 4. The number of carbonyl (C=O) groups excluding carboxylic acids is 1. The molecule has 0 spiro atoms. The van der Waals surface area contributed by atoms with Crippen molar-refractivity contribution in [2.24, 2.45) is 0 Å². The zero-order valence-electron chi connectivity index (χ0n) is 19.5. The molecule has 6 nitrogen and oxygen atoms in total. The third-order valence-corrected chi connectivity index (χ3v) is 6.50. The Hall–Kier alpha value is -3.64. The Morgan fingerprint density at radius 1 is 1.00 bits per heavy atom. The summed E-state index contributed by atoms with van der Waals surface area (Å²) in [5.41, 5.74) is 4.88. The highest BCUT2D eigenvalue weighted by atomic mass is 16.5. The van der Waals surface area contributed by atoms with Gasteiger partial charge in [-0.25, -0.2) is 4.98 Å². The van der Waals surface area contributed by atoms with E-state index in [0.717, 1.165) is 39.4 Å². The number of aromatic nitrogens is 2. The van der Waals surface area contributed by atoms with Crippen molar-refractivity contribution in [2.75, 3.05) is 18.1 Å². The lowest BCUT2D eigenvalue weighted by atomic mass is 10.1. The van der Waals surface area contributed by atoms with Crippen LogP contribution in [0, 0.1) is 13.8 Å². The highest BCUT2D eigenvalue weighted by Gasteiger charge is 2.35. The number of ether oxygens (including phenoxy) is 1. The minimum absolute atomic E-state index is 0.0519. The van der Waals surface area contributed by atoms with Crippen LogP contribution >= 0.6 is 0 Å². The molecule has 3 aromatic carbocycles. The highest BCUT2D eigenvalue weighted by molar-refractivity contribution is 5.97. The van der Waals surface area contributed by atoms with E-state index in [9.17, 15) is 9.90 Å². The predicted molar refractivity (Wildman–Crippen MR) is 133 cm³/mol. The molecule has 0 saturated carbocycles. The second-order valence-corrected chi connectivity index (χ2v) is 8.99. The number of aliphatic hydroxyl groups is 1. The molecule has 174 valence electrons. The summed E-state index contributed by atoms with van der Waals surface area (Å²) in [6.07, 6.45) is -0.325. The fourth-order valence-corrected chi connectivity index (χ4v) is 4.75. The number of aliphatic hydroxyl groups excluding tert-OH is 1. The van der Waals surface area contributed by atoms with Gasteiger partial charge in [0.2, 0.25) is 5.91 Å². The average molecular weight is 456 g/mol. The van der Waals surface area contributed by atoms with E-state index in [1.165, 1.54) is 0 Å². The smallest absolute Gasteiger partial charge is 0.227 e. The first-order valence-electron chi connectivity index (χ1n) is 11.7. The lowest BCUT2D eigenvalue weighted by Crippen LogP contribution is -2.27. The number of imidazole rings is 1. The zero-order chi connectivity index (χ0) is 23.7. The second kappa shape index (κ2) is 9.31. The lowest BCUT2D eigenvalue weighted by Gasteiger charge is -2.20. The van der Waals surface area contributed by atoms with Gasteiger partial charge in [0, 0.05) is 24.6 Å². The van der Waals surface area contributed by atoms with Crippen molar-refractivity contribution in [3.63, 3.8) is 0 Å².